The van der Waals surface area contributed by atoms with Crippen LogP contribution in [0.25, 0.3) is 16.7 Å². The number of hydrogen-bond acceptors (Lipinski definition) is 1. The van der Waals surface area contributed by atoms with Crippen molar-refractivity contribution in [3.8, 4) is 11.1 Å². The molecule has 0 amide bonds. The van der Waals surface area contributed by atoms with E-state index >= 15 is 0 Å². The number of benzene rings is 2. The maximum atomic E-state index is 6.08. The van der Waals surface area contributed by atoms with Gasteiger partial charge in [-0.25, -0.2) is 0 Å². The monoisotopic (exact) mass is 283 g/mol. The summed E-state index contributed by atoms with van der Waals surface area (Å²) in [5.74, 6) is 0. The predicted molar refractivity (Wildman–Crippen MR) is 88.2 cm³/mol. The third-order valence-electron chi connectivity index (χ3n) is 3.64. The van der Waals surface area contributed by atoms with Crippen molar-refractivity contribution in [3.63, 3.8) is 0 Å². The van der Waals surface area contributed by atoms with Crippen LogP contribution in [-0.2, 0) is 0 Å². The van der Waals surface area contributed by atoms with Crippen molar-refractivity contribution in [2.75, 3.05) is 5.32 Å². The highest BCUT2D eigenvalue weighted by Gasteiger charge is 2.22. The fraction of sp³-hybridized carbons (Fsp3) is 0.222. The van der Waals surface area contributed by atoms with Gasteiger partial charge in [0, 0.05) is 16.3 Å². The van der Waals surface area contributed by atoms with Crippen LogP contribution in [0.1, 0.15) is 26.3 Å². The molecular weight excluding hydrogens is 266 g/mol. The Balaban J connectivity index is 2.09. The molecular formula is C18H18ClN. The molecule has 2 heteroatoms. The van der Waals surface area contributed by atoms with Crippen LogP contribution in [0.2, 0.25) is 5.02 Å². The highest BCUT2D eigenvalue weighted by atomic mass is 35.5. The van der Waals surface area contributed by atoms with Crippen LogP contribution >= 0.6 is 11.6 Å². The van der Waals surface area contributed by atoms with E-state index in [-0.39, 0.29) is 5.54 Å². The number of nitrogens with one attached hydrogen (secondary N) is 1. The van der Waals surface area contributed by atoms with Crippen molar-refractivity contribution in [1.82, 2.24) is 0 Å². The first-order valence-corrected chi connectivity index (χ1v) is 7.20. The van der Waals surface area contributed by atoms with Crippen molar-refractivity contribution in [3.05, 3.63) is 59.1 Å². The number of fused-ring (bicyclic) bond motifs is 1. The van der Waals surface area contributed by atoms with Crippen molar-refractivity contribution in [2.45, 2.75) is 26.3 Å². The van der Waals surface area contributed by atoms with Gasteiger partial charge < -0.3 is 5.32 Å². The van der Waals surface area contributed by atoms with Crippen molar-refractivity contribution in [1.29, 1.82) is 0 Å². The summed E-state index contributed by atoms with van der Waals surface area (Å²) in [7, 11) is 0. The lowest BCUT2D eigenvalue weighted by molar-refractivity contribution is 0.707. The van der Waals surface area contributed by atoms with E-state index in [0.717, 1.165) is 10.6 Å². The lowest BCUT2D eigenvalue weighted by Crippen LogP contribution is -2.31. The minimum Gasteiger partial charge on any atom is -0.376 e. The Hall–Kier alpha value is -1.73. The number of hydrogen-bond donors (Lipinski definition) is 1. The van der Waals surface area contributed by atoms with E-state index in [9.17, 15) is 0 Å². The van der Waals surface area contributed by atoms with Crippen LogP contribution in [0, 0.1) is 0 Å². The van der Waals surface area contributed by atoms with Gasteiger partial charge in [0.05, 0.1) is 5.54 Å². The van der Waals surface area contributed by atoms with Crippen molar-refractivity contribution >= 4 is 22.9 Å². The molecule has 102 valence electrons. The predicted octanol–water partition coefficient (Wildman–Crippen LogP) is 5.61. The second-order valence-electron chi connectivity index (χ2n) is 5.94. The standard InChI is InChI=1S/C18H18ClN/c1-12-11-18(2,3)20-17-8-7-14(10-16(12)17)13-5-4-6-15(19)9-13/h4-11,20H,1-3H3. The van der Waals surface area contributed by atoms with E-state index in [0.29, 0.717) is 0 Å². The van der Waals surface area contributed by atoms with Gasteiger partial charge >= 0.3 is 0 Å². The molecule has 2 aromatic rings. The second kappa shape index (κ2) is 4.68. The molecule has 0 atom stereocenters. The summed E-state index contributed by atoms with van der Waals surface area (Å²) in [6, 6.07) is 14.5. The van der Waals surface area contributed by atoms with Crippen LogP contribution in [0.5, 0.6) is 0 Å². The molecule has 20 heavy (non-hydrogen) atoms. The molecule has 2 aromatic carbocycles. The first-order chi connectivity index (χ1) is 9.44. The second-order valence-corrected chi connectivity index (χ2v) is 6.38. The summed E-state index contributed by atoms with van der Waals surface area (Å²) < 4.78 is 0. The van der Waals surface area contributed by atoms with E-state index in [1.165, 1.54) is 22.4 Å². The Morgan fingerprint density at radius 3 is 2.50 bits per heavy atom. The molecule has 0 spiro atoms. The maximum Gasteiger partial charge on any atom is 0.0505 e. The molecule has 1 nitrogen and oxygen atoms in total. The topological polar surface area (TPSA) is 12.0 Å². The summed E-state index contributed by atoms with van der Waals surface area (Å²) in [5.41, 5.74) is 6.13. The Morgan fingerprint density at radius 1 is 1.00 bits per heavy atom. The first kappa shape index (κ1) is 13.3. The third-order valence-corrected chi connectivity index (χ3v) is 3.87. The molecule has 0 saturated heterocycles. The summed E-state index contributed by atoms with van der Waals surface area (Å²) >= 11 is 6.08. The van der Waals surface area contributed by atoms with E-state index in [1.54, 1.807) is 0 Å². The molecule has 1 aliphatic heterocycles. The molecule has 0 aliphatic carbocycles. The smallest absolute Gasteiger partial charge is 0.0505 e. The van der Waals surface area contributed by atoms with E-state index in [2.05, 4.69) is 56.4 Å². The van der Waals surface area contributed by atoms with E-state index < -0.39 is 0 Å². The Morgan fingerprint density at radius 2 is 1.75 bits per heavy atom. The lowest BCUT2D eigenvalue weighted by atomic mass is 9.89. The number of rotatable bonds is 1. The Kier molecular flexibility index (Phi) is 3.10. The van der Waals surface area contributed by atoms with Crippen LogP contribution in [0.15, 0.2) is 48.5 Å². The van der Waals surface area contributed by atoms with Gasteiger partial charge in [-0.15, -0.1) is 0 Å². The average molecular weight is 284 g/mol. The number of halogens is 1. The van der Waals surface area contributed by atoms with Crippen molar-refractivity contribution < 1.29 is 0 Å². The molecule has 0 saturated carbocycles. The molecule has 0 radical (unpaired) electrons. The van der Waals surface area contributed by atoms with Crippen LogP contribution in [-0.4, -0.2) is 5.54 Å². The molecule has 0 aromatic heterocycles. The minimum absolute atomic E-state index is 0.00859. The Bertz CT molecular complexity index is 698. The minimum atomic E-state index is 0.00859. The largest absolute Gasteiger partial charge is 0.376 e. The van der Waals surface area contributed by atoms with Gasteiger partial charge in [-0.05, 0) is 61.7 Å². The molecule has 1 heterocycles. The zero-order valence-corrected chi connectivity index (χ0v) is 12.8. The zero-order chi connectivity index (χ0) is 14.3. The van der Waals surface area contributed by atoms with E-state index in [1.807, 2.05) is 18.2 Å². The molecule has 0 unspecified atom stereocenters. The van der Waals surface area contributed by atoms with E-state index in [4.69, 9.17) is 11.6 Å². The van der Waals surface area contributed by atoms with Gasteiger partial charge in [0.2, 0.25) is 0 Å². The highest BCUT2D eigenvalue weighted by Crippen LogP contribution is 2.36. The van der Waals surface area contributed by atoms with Gasteiger partial charge in [-0.3, -0.25) is 0 Å². The van der Waals surface area contributed by atoms with Gasteiger partial charge in [0.1, 0.15) is 0 Å². The fourth-order valence-corrected chi connectivity index (χ4v) is 3.02. The molecule has 0 bridgehead atoms. The first-order valence-electron chi connectivity index (χ1n) is 6.83. The molecule has 3 rings (SSSR count). The highest BCUT2D eigenvalue weighted by molar-refractivity contribution is 6.30. The fourth-order valence-electron chi connectivity index (χ4n) is 2.83. The van der Waals surface area contributed by atoms with Gasteiger partial charge in [-0.1, -0.05) is 35.9 Å². The third kappa shape index (κ3) is 2.46. The van der Waals surface area contributed by atoms with Gasteiger partial charge in [0.25, 0.3) is 0 Å². The van der Waals surface area contributed by atoms with Crippen molar-refractivity contribution in [2.24, 2.45) is 0 Å². The van der Waals surface area contributed by atoms with Gasteiger partial charge in [-0.2, -0.15) is 0 Å². The van der Waals surface area contributed by atoms with Crippen LogP contribution < -0.4 is 5.32 Å². The summed E-state index contributed by atoms with van der Waals surface area (Å²) in [5, 5.41) is 4.32. The number of anilines is 1. The van der Waals surface area contributed by atoms with Gasteiger partial charge in [0.15, 0.2) is 0 Å². The normalized spacial score (nSPS) is 16.1. The number of allylic oxidation sites excluding steroid dienone is 1. The summed E-state index contributed by atoms with van der Waals surface area (Å²) in [6.45, 7) is 6.54. The molecule has 1 aliphatic rings. The quantitative estimate of drug-likeness (QED) is 0.717. The van der Waals surface area contributed by atoms with Crippen LogP contribution in [0.4, 0.5) is 5.69 Å². The lowest BCUT2D eigenvalue weighted by Gasteiger charge is -2.31. The van der Waals surface area contributed by atoms with Crippen LogP contribution in [0.3, 0.4) is 0 Å². The SMILES string of the molecule is CC1=CC(C)(C)Nc2ccc(-c3cccc(Cl)c3)cc21. The zero-order valence-electron chi connectivity index (χ0n) is 12.0. The maximum absolute atomic E-state index is 6.08. The molecule has 0 fully saturated rings. The average Bonchev–Trinajstić information content (AvgIpc) is 2.37. The molecule has 1 N–H and O–H groups in total. The summed E-state index contributed by atoms with van der Waals surface area (Å²) in [6.07, 6.45) is 2.27. The Labute approximate surface area is 125 Å². The summed E-state index contributed by atoms with van der Waals surface area (Å²) in [4.78, 5) is 0.